The normalized spacial score (nSPS) is 15.8. The molecule has 32 heavy (non-hydrogen) atoms. The zero-order valence-electron chi connectivity index (χ0n) is 17.4. The minimum Gasteiger partial charge on any atom is -0.494 e. The van der Waals surface area contributed by atoms with Crippen LogP contribution in [0.3, 0.4) is 0 Å². The molecule has 0 radical (unpaired) electrons. The predicted molar refractivity (Wildman–Crippen MR) is 123 cm³/mol. The van der Waals surface area contributed by atoms with Gasteiger partial charge in [-0.3, -0.25) is 4.78 Å². The van der Waals surface area contributed by atoms with Gasteiger partial charge < -0.3 is 10.1 Å². The van der Waals surface area contributed by atoms with Crippen LogP contribution in [0.4, 0.5) is 20.4 Å². The summed E-state index contributed by atoms with van der Waals surface area (Å²) in [7, 11) is -2.76. The first-order valence-corrected chi connectivity index (χ1v) is 13.1. The van der Waals surface area contributed by atoms with Crippen LogP contribution in [-0.2, 0) is 15.5 Å². The lowest BCUT2D eigenvalue weighted by molar-refractivity contribution is 0.310. The smallest absolute Gasteiger partial charge is 0.227 e. The van der Waals surface area contributed by atoms with Gasteiger partial charge in [-0.15, -0.1) is 11.8 Å². The average molecular weight is 477 g/mol. The van der Waals surface area contributed by atoms with Gasteiger partial charge in [-0.2, -0.15) is 0 Å². The molecule has 0 saturated heterocycles. The summed E-state index contributed by atoms with van der Waals surface area (Å²) in [6, 6.07) is 9.48. The van der Waals surface area contributed by atoms with E-state index in [2.05, 4.69) is 15.3 Å². The quantitative estimate of drug-likeness (QED) is 0.500. The van der Waals surface area contributed by atoms with Crippen molar-refractivity contribution in [3.05, 3.63) is 59.8 Å². The van der Waals surface area contributed by atoms with Crippen LogP contribution in [0.25, 0.3) is 11.3 Å². The molecular weight excluding hydrogens is 454 g/mol. The van der Waals surface area contributed by atoms with Crippen molar-refractivity contribution >= 4 is 33.1 Å². The molecule has 3 aromatic rings. The van der Waals surface area contributed by atoms with E-state index in [1.54, 1.807) is 18.2 Å². The molecule has 10 heteroatoms. The summed E-state index contributed by atoms with van der Waals surface area (Å²) in [5.41, 5.74) is 1.83. The Balaban J connectivity index is 1.78. The highest BCUT2D eigenvalue weighted by Gasteiger charge is 2.16. The lowest BCUT2D eigenvalue weighted by Gasteiger charge is -2.13. The molecule has 6 nitrogen and oxygen atoms in total. The van der Waals surface area contributed by atoms with Crippen molar-refractivity contribution in [1.29, 1.82) is 4.78 Å². The van der Waals surface area contributed by atoms with E-state index in [1.807, 2.05) is 0 Å². The highest BCUT2D eigenvalue weighted by Crippen LogP contribution is 2.34. The molecular formula is C22H22F2N4O2S2. The van der Waals surface area contributed by atoms with Crippen LogP contribution in [0.2, 0.25) is 0 Å². The molecule has 1 aliphatic rings. The molecule has 4 bridgehead atoms. The van der Waals surface area contributed by atoms with Gasteiger partial charge in [0.2, 0.25) is 5.95 Å². The summed E-state index contributed by atoms with van der Waals surface area (Å²) >= 11 is 1.44. The van der Waals surface area contributed by atoms with Gasteiger partial charge >= 0.3 is 0 Å². The van der Waals surface area contributed by atoms with Crippen LogP contribution >= 0.6 is 11.8 Å². The van der Waals surface area contributed by atoms with Gasteiger partial charge in [0.25, 0.3) is 0 Å². The highest BCUT2D eigenvalue weighted by molar-refractivity contribution is 7.99. The van der Waals surface area contributed by atoms with Crippen LogP contribution < -0.4 is 10.1 Å². The van der Waals surface area contributed by atoms with Crippen molar-refractivity contribution in [3.63, 3.8) is 0 Å². The Kier molecular flexibility index (Phi) is 6.61. The van der Waals surface area contributed by atoms with Crippen LogP contribution in [-0.4, -0.2) is 32.8 Å². The molecule has 1 aliphatic heterocycles. The number of aromatic nitrogens is 2. The first-order valence-electron chi connectivity index (χ1n) is 9.97. The lowest BCUT2D eigenvalue weighted by Crippen LogP contribution is -2.04. The van der Waals surface area contributed by atoms with Gasteiger partial charge in [0.05, 0.1) is 18.6 Å². The number of halogens is 2. The SMILES string of the molecule is CS(=N)(=O)Cc1cc2cc(c1)OCCCCSc1cc(F)ccc1-c1nc(ncc1F)N2. The van der Waals surface area contributed by atoms with E-state index in [1.165, 1.54) is 36.2 Å². The number of benzene rings is 2. The summed E-state index contributed by atoms with van der Waals surface area (Å²) in [4.78, 5) is 8.99. The Labute approximate surface area is 189 Å². The molecule has 0 saturated carbocycles. The topological polar surface area (TPSA) is 88.0 Å². The molecule has 1 atom stereocenters. The minimum atomic E-state index is -2.76. The number of ether oxygens (including phenoxy) is 1. The average Bonchev–Trinajstić information content (AvgIpc) is 2.71. The van der Waals surface area contributed by atoms with Crippen molar-refractivity contribution in [2.75, 3.05) is 23.9 Å². The number of rotatable bonds is 2. The number of nitrogens with one attached hydrogen (secondary N) is 2. The number of fused-ring (bicyclic) bond motifs is 6. The van der Waals surface area contributed by atoms with Crippen molar-refractivity contribution in [1.82, 2.24) is 9.97 Å². The summed E-state index contributed by atoms with van der Waals surface area (Å²) in [5.74, 6) is 0.511. The van der Waals surface area contributed by atoms with Gasteiger partial charge in [-0.1, -0.05) is 0 Å². The molecule has 4 rings (SSSR count). The number of hydrogen-bond acceptors (Lipinski definition) is 7. The maximum Gasteiger partial charge on any atom is 0.227 e. The fourth-order valence-electron chi connectivity index (χ4n) is 3.35. The highest BCUT2D eigenvalue weighted by atomic mass is 32.2. The third-order valence-electron chi connectivity index (χ3n) is 4.67. The van der Waals surface area contributed by atoms with Crippen LogP contribution in [0.1, 0.15) is 18.4 Å². The second-order valence-corrected chi connectivity index (χ2v) is 11.0. The van der Waals surface area contributed by atoms with Crippen molar-refractivity contribution < 1.29 is 17.7 Å². The monoisotopic (exact) mass is 476 g/mol. The van der Waals surface area contributed by atoms with E-state index < -0.39 is 21.4 Å². The fraction of sp³-hybridized carbons (Fsp3) is 0.273. The van der Waals surface area contributed by atoms with Crippen LogP contribution in [0.15, 0.2) is 47.5 Å². The van der Waals surface area contributed by atoms with Crippen LogP contribution in [0.5, 0.6) is 5.75 Å². The van der Waals surface area contributed by atoms with Gasteiger partial charge in [-0.25, -0.2) is 23.0 Å². The number of nitrogens with zero attached hydrogens (tertiary/aromatic N) is 2. The molecule has 2 heterocycles. The largest absolute Gasteiger partial charge is 0.494 e. The van der Waals surface area contributed by atoms with E-state index >= 15 is 0 Å². The van der Waals surface area contributed by atoms with E-state index in [9.17, 15) is 13.0 Å². The van der Waals surface area contributed by atoms with E-state index in [0.29, 0.717) is 39.8 Å². The lowest BCUT2D eigenvalue weighted by atomic mass is 10.1. The minimum absolute atomic E-state index is 0.0734. The van der Waals surface area contributed by atoms with E-state index in [0.717, 1.165) is 19.0 Å². The number of anilines is 2. The number of hydrogen-bond donors (Lipinski definition) is 2. The summed E-state index contributed by atoms with van der Waals surface area (Å²) in [6.07, 6.45) is 4.05. The molecule has 168 valence electrons. The van der Waals surface area contributed by atoms with Crippen molar-refractivity contribution in [2.45, 2.75) is 23.5 Å². The Bertz CT molecular complexity index is 1250. The van der Waals surface area contributed by atoms with Gasteiger partial charge in [-0.05, 0) is 54.5 Å². The molecule has 2 N–H and O–H groups in total. The fourth-order valence-corrected chi connectivity index (χ4v) is 5.24. The molecule has 1 aromatic heterocycles. The second-order valence-electron chi connectivity index (χ2n) is 7.57. The van der Waals surface area contributed by atoms with Crippen LogP contribution in [0, 0.1) is 16.4 Å². The molecule has 0 fully saturated rings. The maximum absolute atomic E-state index is 14.7. The van der Waals surface area contributed by atoms with Gasteiger partial charge in [0.15, 0.2) is 5.82 Å². The Morgan fingerprint density at radius 2 is 2.06 bits per heavy atom. The first-order chi connectivity index (χ1) is 15.3. The molecule has 0 amide bonds. The Hall–Kier alpha value is -2.72. The van der Waals surface area contributed by atoms with Crippen molar-refractivity contribution in [2.24, 2.45) is 0 Å². The summed E-state index contributed by atoms with van der Waals surface area (Å²) in [6.45, 7) is 0.473. The Morgan fingerprint density at radius 3 is 2.88 bits per heavy atom. The van der Waals surface area contributed by atoms with Gasteiger partial charge in [0, 0.05) is 38.2 Å². The van der Waals surface area contributed by atoms with E-state index in [4.69, 9.17) is 9.52 Å². The van der Waals surface area contributed by atoms with Gasteiger partial charge in [0.1, 0.15) is 17.3 Å². The zero-order valence-corrected chi connectivity index (χ0v) is 19.0. The van der Waals surface area contributed by atoms with Crippen molar-refractivity contribution in [3.8, 4) is 17.0 Å². The summed E-state index contributed by atoms with van der Waals surface area (Å²) in [5, 5.41) is 3.04. The van der Waals surface area contributed by atoms with E-state index in [-0.39, 0.29) is 17.4 Å². The third-order valence-corrected chi connectivity index (χ3v) is 6.70. The molecule has 0 spiro atoms. The zero-order chi connectivity index (χ0) is 22.7. The predicted octanol–water partition coefficient (Wildman–Crippen LogP) is 5.61. The maximum atomic E-state index is 14.7. The molecule has 2 aromatic carbocycles. The number of thioether (sulfide) groups is 1. The first kappa shape index (κ1) is 22.5. The third kappa shape index (κ3) is 5.74. The second kappa shape index (κ2) is 9.41. The molecule has 1 unspecified atom stereocenters. The molecule has 0 aliphatic carbocycles. The standard InChI is InChI=1S/C22H22F2N4O2S2/c1-32(25,29)13-14-8-16-11-17(9-14)30-6-2-3-7-31-20-10-15(23)4-5-18(20)21-19(24)12-26-22(27-16)28-21/h4-5,8-12,25H,2-3,6-7,13H2,1H3,(H,26,27,28). The summed E-state index contributed by atoms with van der Waals surface area (Å²) < 4.78 is 54.2. The Morgan fingerprint density at radius 1 is 1.22 bits per heavy atom.